The normalized spacial score (nSPS) is 18.5. The van der Waals surface area contributed by atoms with E-state index in [-0.39, 0.29) is 11.7 Å². The summed E-state index contributed by atoms with van der Waals surface area (Å²) in [6.45, 7) is 4.80. The maximum Gasteiger partial charge on any atom is 0.418 e. The van der Waals surface area contributed by atoms with Gasteiger partial charge in [0.15, 0.2) is 0 Å². The topological polar surface area (TPSA) is 15.3 Å². The molecule has 5 heteroatoms. The number of nitrogens with one attached hydrogen (secondary N) is 1. The quantitative estimate of drug-likeness (QED) is 0.901. The molecule has 1 fully saturated rings. The van der Waals surface area contributed by atoms with E-state index in [0.717, 1.165) is 25.7 Å². The molecule has 19 heavy (non-hydrogen) atoms. The fraction of sp³-hybridized carbons (Fsp3) is 0.571. The van der Waals surface area contributed by atoms with E-state index < -0.39 is 11.7 Å². The summed E-state index contributed by atoms with van der Waals surface area (Å²) >= 11 is 0. The second-order valence-electron chi connectivity index (χ2n) is 5.10. The first-order valence-electron chi connectivity index (χ1n) is 6.62. The second kappa shape index (κ2) is 5.82. The van der Waals surface area contributed by atoms with Crippen molar-refractivity contribution in [3.05, 3.63) is 29.8 Å². The number of alkyl halides is 3. The lowest BCUT2D eigenvalue weighted by Gasteiger charge is -2.23. The number of nitrogens with zero attached hydrogens (tertiary/aromatic N) is 1. The fourth-order valence-electron chi connectivity index (χ4n) is 2.52. The van der Waals surface area contributed by atoms with E-state index in [1.54, 1.807) is 6.07 Å². The average molecular weight is 272 g/mol. The highest BCUT2D eigenvalue weighted by Crippen LogP contribution is 2.34. The highest BCUT2D eigenvalue weighted by molar-refractivity contribution is 5.53. The molecule has 2 nitrogen and oxygen atoms in total. The number of hydrogen-bond donors (Lipinski definition) is 1. The van der Waals surface area contributed by atoms with Crippen molar-refractivity contribution < 1.29 is 13.2 Å². The molecule has 106 valence electrons. The van der Waals surface area contributed by atoms with Crippen molar-refractivity contribution in [1.82, 2.24) is 4.90 Å². The summed E-state index contributed by atoms with van der Waals surface area (Å²) in [6.07, 6.45) is -1.94. The van der Waals surface area contributed by atoms with Crippen molar-refractivity contribution >= 4 is 5.69 Å². The second-order valence-corrected chi connectivity index (χ2v) is 5.10. The van der Waals surface area contributed by atoms with Crippen LogP contribution in [0.4, 0.5) is 18.9 Å². The van der Waals surface area contributed by atoms with Crippen molar-refractivity contribution in [1.29, 1.82) is 0 Å². The summed E-state index contributed by atoms with van der Waals surface area (Å²) in [7, 11) is 0. The smallest absolute Gasteiger partial charge is 0.381 e. The highest BCUT2D eigenvalue weighted by atomic mass is 19.4. The highest BCUT2D eigenvalue weighted by Gasteiger charge is 2.33. The van der Waals surface area contributed by atoms with Gasteiger partial charge >= 0.3 is 6.18 Å². The van der Waals surface area contributed by atoms with E-state index in [1.807, 2.05) is 6.92 Å². The van der Waals surface area contributed by atoms with Gasteiger partial charge in [0.2, 0.25) is 0 Å². The molecule has 1 aromatic rings. The first-order chi connectivity index (χ1) is 8.97. The van der Waals surface area contributed by atoms with Gasteiger partial charge in [-0.2, -0.15) is 13.2 Å². The lowest BCUT2D eigenvalue weighted by atomic mass is 10.1. The van der Waals surface area contributed by atoms with Gasteiger partial charge in [-0.05, 0) is 45.0 Å². The molecule has 0 aromatic heterocycles. The Kier molecular flexibility index (Phi) is 4.34. The molecule has 1 heterocycles. The van der Waals surface area contributed by atoms with Crippen LogP contribution in [0.2, 0.25) is 0 Å². The molecule has 1 unspecified atom stereocenters. The van der Waals surface area contributed by atoms with Gasteiger partial charge in [0.05, 0.1) is 5.56 Å². The van der Waals surface area contributed by atoms with Gasteiger partial charge in [-0.15, -0.1) is 0 Å². The minimum Gasteiger partial charge on any atom is -0.381 e. The lowest BCUT2D eigenvalue weighted by molar-refractivity contribution is -0.137. The first kappa shape index (κ1) is 14.2. The minimum atomic E-state index is -4.31. The van der Waals surface area contributed by atoms with Gasteiger partial charge in [-0.1, -0.05) is 12.1 Å². The maximum atomic E-state index is 12.9. The fourth-order valence-corrected chi connectivity index (χ4v) is 2.52. The van der Waals surface area contributed by atoms with Crippen LogP contribution in [0.3, 0.4) is 0 Å². The van der Waals surface area contributed by atoms with Crippen LogP contribution < -0.4 is 5.32 Å². The van der Waals surface area contributed by atoms with Crippen molar-refractivity contribution in [2.75, 3.05) is 25.0 Å². The molecule has 1 aliphatic rings. The molecule has 0 saturated carbocycles. The third-order valence-corrected chi connectivity index (χ3v) is 3.37. The Labute approximate surface area is 111 Å². The molecule has 2 rings (SSSR count). The zero-order valence-corrected chi connectivity index (χ0v) is 11.0. The van der Waals surface area contributed by atoms with Gasteiger partial charge in [0.1, 0.15) is 0 Å². The molecular formula is C14H19F3N2. The summed E-state index contributed by atoms with van der Waals surface area (Å²) in [5.74, 6) is 0. The van der Waals surface area contributed by atoms with E-state index in [9.17, 15) is 13.2 Å². The molecule has 1 aliphatic heterocycles. The number of anilines is 1. The summed E-state index contributed by atoms with van der Waals surface area (Å²) in [5, 5.41) is 2.98. The van der Waals surface area contributed by atoms with E-state index in [2.05, 4.69) is 10.2 Å². The van der Waals surface area contributed by atoms with Gasteiger partial charge in [0, 0.05) is 18.3 Å². The Morgan fingerprint density at radius 1 is 1.21 bits per heavy atom. The molecular weight excluding hydrogens is 253 g/mol. The average Bonchev–Trinajstić information content (AvgIpc) is 2.81. The molecule has 0 aliphatic carbocycles. The van der Waals surface area contributed by atoms with Crippen LogP contribution in [0.15, 0.2) is 24.3 Å². The molecule has 0 bridgehead atoms. The third kappa shape index (κ3) is 3.86. The van der Waals surface area contributed by atoms with Crippen LogP contribution in [0.1, 0.15) is 25.3 Å². The van der Waals surface area contributed by atoms with Crippen molar-refractivity contribution in [3.8, 4) is 0 Å². The van der Waals surface area contributed by atoms with E-state index in [1.165, 1.54) is 25.0 Å². The third-order valence-electron chi connectivity index (χ3n) is 3.37. The molecule has 0 amide bonds. The van der Waals surface area contributed by atoms with Crippen LogP contribution in [-0.2, 0) is 6.18 Å². The zero-order valence-electron chi connectivity index (χ0n) is 11.0. The summed E-state index contributed by atoms with van der Waals surface area (Å²) in [4.78, 5) is 2.29. The van der Waals surface area contributed by atoms with Crippen molar-refractivity contribution in [2.45, 2.75) is 32.0 Å². The number of benzene rings is 1. The molecule has 1 N–H and O–H groups in total. The predicted molar refractivity (Wildman–Crippen MR) is 70.2 cm³/mol. The summed E-state index contributed by atoms with van der Waals surface area (Å²) < 4.78 is 38.6. The first-order valence-corrected chi connectivity index (χ1v) is 6.62. The predicted octanol–water partition coefficient (Wildman–Crippen LogP) is 3.60. The van der Waals surface area contributed by atoms with E-state index in [0.29, 0.717) is 0 Å². The van der Waals surface area contributed by atoms with Crippen LogP contribution in [0.5, 0.6) is 0 Å². The van der Waals surface area contributed by atoms with Crippen LogP contribution in [-0.4, -0.2) is 30.6 Å². The van der Waals surface area contributed by atoms with Crippen LogP contribution in [0, 0.1) is 0 Å². The SMILES string of the molecule is CC(CN1CCCC1)Nc1ccccc1C(F)(F)F. The monoisotopic (exact) mass is 272 g/mol. The Balaban J connectivity index is 2.01. The number of para-hydroxylation sites is 1. The Morgan fingerprint density at radius 2 is 1.84 bits per heavy atom. The van der Waals surface area contributed by atoms with Gasteiger partial charge < -0.3 is 10.2 Å². The summed E-state index contributed by atoms with van der Waals surface area (Å²) in [5.41, 5.74) is -0.426. The Bertz CT molecular complexity index is 411. The number of hydrogen-bond acceptors (Lipinski definition) is 2. The van der Waals surface area contributed by atoms with E-state index >= 15 is 0 Å². The molecule has 1 saturated heterocycles. The number of halogens is 3. The molecule has 0 radical (unpaired) electrons. The number of likely N-dealkylation sites (tertiary alicyclic amines) is 1. The standard InChI is InChI=1S/C14H19F3N2/c1-11(10-19-8-4-5-9-19)18-13-7-3-2-6-12(13)14(15,16)17/h2-3,6-7,11,18H,4-5,8-10H2,1H3. The zero-order chi connectivity index (χ0) is 13.9. The lowest BCUT2D eigenvalue weighted by Crippen LogP contribution is -2.33. The minimum absolute atomic E-state index is 0.00148. The molecule has 1 aromatic carbocycles. The molecule has 0 spiro atoms. The molecule has 1 atom stereocenters. The van der Waals surface area contributed by atoms with Gasteiger partial charge in [-0.3, -0.25) is 0 Å². The van der Waals surface area contributed by atoms with Crippen molar-refractivity contribution in [3.63, 3.8) is 0 Å². The van der Waals surface area contributed by atoms with Gasteiger partial charge in [-0.25, -0.2) is 0 Å². The van der Waals surface area contributed by atoms with Crippen LogP contribution in [0.25, 0.3) is 0 Å². The Hall–Kier alpha value is -1.23. The van der Waals surface area contributed by atoms with Crippen LogP contribution >= 0.6 is 0 Å². The van der Waals surface area contributed by atoms with E-state index in [4.69, 9.17) is 0 Å². The largest absolute Gasteiger partial charge is 0.418 e. The Morgan fingerprint density at radius 3 is 2.47 bits per heavy atom. The number of rotatable bonds is 4. The maximum absolute atomic E-state index is 12.9. The van der Waals surface area contributed by atoms with Crippen molar-refractivity contribution in [2.24, 2.45) is 0 Å². The summed E-state index contributed by atoms with van der Waals surface area (Å²) in [6, 6.07) is 5.65. The van der Waals surface area contributed by atoms with Gasteiger partial charge in [0.25, 0.3) is 0 Å².